The van der Waals surface area contributed by atoms with E-state index < -0.39 is 17.9 Å². The smallest absolute Gasteiger partial charge is 0.262 e. The van der Waals surface area contributed by atoms with Gasteiger partial charge in [-0.1, -0.05) is 97.7 Å². The molecule has 0 saturated carbocycles. The Bertz CT molecular complexity index is 1470. The second-order valence-electron chi connectivity index (χ2n) is 9.03. The lowest BCUT2D eigenvalue weighted by Crippen LogP contribution is -2.48. The maximum absolute atomic E-state index is 13.0. The van der Waals surface area contributed by atoms with Crippen molar-refractivity contribution in [2.75, 3.05) is 0 Å². The molecule has 0 aromatic heterocycles. The van der Waals surface area contributed by atoms with Gasteiger partial charge in [-0.25, -0.2) is 5.43 Å². The molecule has 0 saturated heterocycles. The normalized spacial score (nSPS) is 12.0. The Morgan fingerprint density at radius 3 is 2.42 bits per heavy atom. The maximum Gasteiger partial charge on any atom is 0.262 e. The highest BCUT2D eigenvalue weighted by atomic mass is 35.5. The molecule has 0 aliphatic heterocycles. The van der Waals surface area contributed by atoms with Crippen LogP contribution in [0.2, 0.25) is 10.0 Å². The van der Waals surface area contributed by atoms with Crippen molar-refractivity contribution in [1.82, 2.24) is 10.7 Å². The van der Waals surface area contributed by atoms with Crippen LogP contribution in [0.4, 0.5) is 0 Å². The van der Waals surface area contributed by atoms with Crippen LogP contribution in [-0.4, -0.2) is 24.1 Å². The number of rotatable bonds is 9. The quantitative estimate of drug-likeness (QED) is 0.182. The van der Waals surface area contributed by atoms with E-state index in [9.17, 15) is 9.59 Å². The Morgan fingerprint density at radius 1 is 0.947 bits per heavy atom. The van der Waals surface area contributed by atoms with Gasteiger partial charge >= 0.3 is 0 Å². The minimum absolute atomic E-state index is 0.204. The van der Waals surface area contributed by atoms with Crippen molar-refractivity contribution in [3.63, 3.8) is 0 Å². The van der Waals surface area contributed by atoms with Crippen LogP contribution >= 0.6 is 23.2 Å². The van der Waals surface area contributed by atoms with Crippen molar-refractivity contribution in [3.05, 3.63) is 112 Å². The van der Waals surface area contributed by atoms with Gasteiger partial charge in [0.15, 0.2) is 0 Å². The fraction of sp³-hybridized carbons (Fsp3) is 0.167. The minimum Gasteiger partial charge on any atom is -0.488 e. The first kappa shape index (κ1) is 27.2. The average molecular weight is 548 g/mol. The first-order valence-electron chi connectivity index (χ1n) is 12.1. The molecule has 4 rings (SSSR count). The zero-order valence-electron chi connectivity index (χ0n) is 20.9. The van der Waals surface area contributed by atoms with Crippen LogP contribution in [0.1, 0.15) is 35.3 Å². The lowest BCUT2D eigenvalue weighted by atomic mass is 10.0. The fourth-order valence-corrected chi connectivity index (χ4v) is 4.42. The molecule has 0 aliphatic rings. The molecule has 1 atom stereocenters. The average Bonchev–Trinajstić information content (AvgIpc) is 2.91. The third kappa shape index (κ3) is 6.71. The number of carbonyl (C=O) groups excluding carboxylic acids is 2. The van der Waals surface area contributed by atoms with Gasteiger partial charge in [0.1, 0.15) is 18.4 Å². The second kappa shape index (κ2) is 12.6. The molecule has 194 valence electrons. The standard InChI is InChI=1S/C30H27Cl2N3O3/c1-19(2)28(34-29(36)24-14-13-22(31)16-26(24)32)30(37)35-33-17-25-23-11-7-6-10-21(23)12-15-27(25)38-18-20-8-4-3-5-9-20/h3-17,19,28H,18H2,1-2H3,(H,34,36)(H,35,37). The number of benzene rings is 4. The highest BCUT2D eigenvalue weighted by Gasteiger charge is 2.25. The van der Waals surface area contributed by atoms with Gasteiger partial charge in [0.2, 0.25) is 0 Å². The van der Waals surface area contributed by atoms with Crippen LogP contribution in [0.5, 0.6) is 5.75 Å². The summed E-state index contributed by atoms with van der Waals surface area (Å²) in [5, 5.41) is 9.53. The summed E-state index contributed by atoms with van der Waals surface area (Å²) in [6, 6.07) is 25.3. The molecular formula is C30H27Cl2N3O3. The molecular weight excluding hydrogens is 521 g/mol. The summed E-state index contributed by atoms with van der Waals surface area (Å²) < 4.78 is 6.11. The van der Waals surface area contributed by atoms with E-state index in [0.717, 1.165) is 21.9 Å². The molecule has 6 nitrogen and oxygen atoms in total. The number of ether oxygens (including phenoxy) is 1. The molecule has 8 heteroatoms. The summed E-state index contributed by atoms with van der Waals surface area (Å²) in [6.45, 7) is 4.05. The van der Waals surface area contributed by atoms with E-state index in [1.54, 1.807) is 12.3 Å². The Balaban J connectivity index is 1.52. The van der Waals surface area contributed by atoms with Crippen molar-refractivity contribution < 1.29 is 14.3 Å². The van der Waals surface area contributed by atoms with E-state index in [1.165, 1.54) is 12.1 Å². The second-order valence-corrected chi connectivity index (χ2v) is 9.87. The van der Waals surface area contributed by atoms with Crippen LogP contribution in [0.15, 0.2) is 90.0 Å². The SMILES string of the molecule is CC(C)C(NC(=O)c1ccc(Cl)cc1Cl)C(=O)NN=Cc1c(OCc2ccccc2)ccc2ccccc12. The summed E-state index contributed by atoms with van der Waals surface area (Å²) in [7, 11) is 0. The lowest BCUT2D eigenvalue weighted by Gasteiger charge is -2.21. The molecule has 4 aromatic carbocycles. The van der Waals surface area contributed by atoms with Crippen molar-refractivity contribution in [3.8, 4) is 5.75 Å². The largest absolute Gasteiger partial charge is 0.488 e. The van der Waals surface area contributed by atoms with Gasteiger partial charge in [0.05, 0.1) is 16.8 Å². The molecule has 4 aromatic rings. The van der Waals surface area contributed by atoms with E-state index in [0.29, 0.717) is 17.4 Å². The number of amides is 2. The number of hydrazone groups is 1. The van der Waals surface area contributed by atoms with Gasteiger partial charge in [-0.2, -0.15) is 5.10 Å². The summed E-state index contributed by atoms with van der Waals surface area (Å²) in [5.41, 5.74) is 4.56. The molecule has 0 radical (unpaired) electrons. The number of fused-ring (bicyclic) bond motifs is 1. The van der Waals surface area contributed by atoms with Crippen LogP contribution in [0.25, 0.3) is 10.8 Å². The fourth-order valence-electron chi connectivity index (χ4n) is 3.93. The first-order chi connectivity index (χ1) is 18.3. The molecule has 0 heterocycles. The Hall–Kier alpha value is -3.87. The topological polar surface area (TPSA) is 79.8 Å². The third-order valence-corrected chi connectivity index (χ3v) is 6.50. The van der Waals surface area contributed by atoms with Gasteiger partial charge in [-0.15, -0.1) is 0 Å². The predicted octanol–water partition coefficient (Wildman–Crippen LogP) is 6.63. The zero-order valence-corrected chi connectivity index (χ0v) is 22.5. The molecule has 38 heavy (non-hydrogen) atoms. The van der Waals surface area contributed by atoms with E-state index in [4.69, 9.17) is 27.9 Å². The molecule has 0 bridgehead atoms. The maximum atomic E-state index is 13.0. The van der Waals surface area contributed by atoms with Gasteiger partial charge < -0.3 is 10.1 Å². The molecule has 2 amide bonds. The number of hydrogen-bond acceptors (Lipinski definition) is 4. The van der Waals surface area contributed by atoms with Crippen LogP contribution < -0.4 is 15.5 Å². The lowest BCUT2D eigenvalue weighted by molar-refractivity contribution is -0.123. The van der Waals surface area contributed by atoms with E-state index in [1.807, 2.05) is 80.6 Å². The summed E-state index contributed by atoms with van der Waals surface area (Å²) >= 11 is 12.1. The van der Waals surface area contributed by atoms with Gasteiger partial charge in [0.25, 0.3) is 11.8 Å². The van der Waals surface area contributed by atoms with Crippen LogP contribution in [0.3, 0.4) is 0 Å². The summed E-state index contributed by atoms with van der Waals surface area (Å²) in [5.74, 6) is -0.504. The van der Waals surface area contributed by atoms with Crippen molar-refractivity contribution in [2.45, 2.75) is 26.5 Å². The highest BCUT2D eigenvalue weighted by molar-refractivity contribution is 6.36. The number of hydrogen-bond donors (Lipinski definition) is 2. The molecule has 2 N–H and O–H groups in total. The summed E-state index contributed by atoms with van der Waals surface area (Å²) in [6.07, 6.45) is 1.57. The van der Waals surface area contributed by atoms with E-state index in [2.05, 4.69) is 15.8 Å². The zero-order chi connectivity index (χ0) is 27.1. The van der Waals surface area contributed by atoms with Gasteiger partial charge in [0, 0.05) is 10.6 Å². The summed E-state index contributed by atoms with van der Waals surface area (Å²) in [4.78, 5) is 25.8. The predicted molar refractivity (Wildman–Crippen MR) is 153 cm³/mol. The number of nitrogens with one attached hydrogen (secondary N) is 2. The van der Waals surface area contributed by atoms with E-state index in [-0.39, 0.29) is 16.5 Å². The number of halogens is 2. The molecule has 0 spiro atoms. The third-order valence-electron chi connectivity index (χ3n) is 5.95. The van der Waals surface area contributed by atoms with Gasteiger partial charge in [-0.05, 0) is 46.5 Å². The number of carbonyl (C=O) groups is 2. The van der Waals surface area contributed by atoms with Crippen molar-refractivity contribution in [2.24, 2.45) is 11.0 Å². The van der Waals surface area contributed by atoms with Crippen LogP contribution in [0, 0.1) is 5.92 Å². The Labute approximate surface area is 231 Å². The molecule has 0 fully saturated rings. The van der Waals surface area contributed by atoms with E-state index >= 15 is 0 Å². The van der Waals surface area contributed by atoms with Crippen LogP contribution in [-0.2, 0) is 11.4 Å². The van der Waals surface area contributed by atoms with Crippen molar-refractivity contribution in [1.29, 1.82) is 0 Å². The van der Waals surface area contributed by atoms with Gasteiger partial charge in [-0.3, -0.25) is 9.59 Å². The monoisotopic (exact) mass is 547 g/mol. The van der Waals surface area contributed by atoms with Crippen molar-refractivity contribution >= 4 is 52.0 Å². The minimum atomic E-state index is -0.840. The molecule has 0 aliphatic carbocycles. The highest BCUT2D eigenvalue weighted by Crippen LogP contribution is 2.27. The first-order valence-corrected chi connectivity index (χ1v) is 12.9. The number of nitrogens with zero attached hydrogens (tertiary/aromatic N) is 1. The Morgan fingerprint density at radius 2 is 1.68 bits per heavy atom. The Kier molecular flexibility index (Phi) is 9.00. The molecule has 1 unspecified atom stereocenters.